The van der Waals surface area contributed by atoms with Gasteiger partial charge in [0.15, 0.2) is 0 Å². The Morgan fingerprint density at radius 3 is 2.16 bits per heavy atom. The van der Waals surface area contributed by atoms with Crippen molar-refractivity contribution < 1.29 is 22.7 Å². The number of hydrogen-bond donors (Lipinski definition) is 2. The molecule has 1 rings (SSSR count). The van der Waals surface area contributed by atoms with Crippen LogP contribution in [0.2, 0.25) is 0 Å². The monoisotopic (exact) mass is 282 g/mol. The molecule has 4 nitrogen and oxygen atoms in total. The zero-order valence-corrected chi connectivity index (χ0v) is 11.4. The molecule has 1 aliphatic carbocycles. The summed E-state index contributed by atoms with van der Waals surface area (Å²) in [5.41, 5.74) is 3.19. The van der Waals surface area contributed by atoms with Crippen LogP contribution in [0.3, 0.4) is 0 Å². The molecular formula is C12H21F3N2O2. The molecule has 0 heterocycles. The lowest BCUT2D eigenvalue weighted by Crippen LogP contribution is -2.64. The first kappa shape index (κ1) is 16.1. The first-order valence-electron chi connectivity index (χ1n) is 6.28. The molecular weight excluding hydrogens is 261 g/mol. The average Bonchev–Trinajstić information content (AvgIpc) is 2.09. The van der Waals surface area contributed by atoms with Gasteiger partial charge >= 0.3 is 12.3 Å². The SMILES string of the molecule is CC(C)(C)OC(=O)NC1(C(CN)C(F)(F)F)CCC1. The van der Waals surface area contributed by atoms with Crippen molar-refractivity contribution >= 4 is 6.09 Å². The molecule has 1 aliphatic rings. The van der Waals surface area contributed by atoms with Crippen LogP contribution in [0.1, 0.15) is 40.0 Å². The fraction of sp³-hybridized carbons (Fsp3) is 0.917. The van der Waals surface area contributed by atoms with Crippen molar-refractivity contribution in [1.82, 2.24) is 5.32 Å². The smallest absolute Gasteiger partial charge is 0.408 e. The van der Waals surface area contributed by atoms with Gasteiger partial charge in [0.1, 0.15) is 5.60 Å². The molecule has 0 aliphatic heterocycles. The number of carbonyl (C=O) groups excluding carboxylic acids is 1. The Hall–Kier alpha value is -0.980. The van der Waals surface area contributed by atoms with Crippen LogP contribution in [-0.4, -0.2) is 30.0 Å². The molecule has 1 atom stereocenters. The van der Waals surface area contributed by atoms with Gasteiger partial charge in [-0.05, 0) is 40.0 Å². The second kappa shape index (κ2) is 5.19. The van der Waals surface area contributed by atoms with Crippen molar-refractivity contribution in [2.75, 3.05) is 6.54 Å². The molecule has 7 heteroatoms. The molecule has 0 bridgehead atoms. The van der Waals surface area contributed by atoms with Crippen molar-refractivity contribution in [3.63, 3.8) is 0 Å². The summed E-state index contributed by atoms with van der Waals surface area (Å²) in [4.78, 5) is 11.7. The van der Waals surface area contributed by atoms with E-state index >= 15 is 0 Å². The molecule has 1 fully saturated rings. The van der Waals surface area contributed by atoms with Crippen LogP contribution in [-0.2, 0) is 4.74 Å². The predicted octanol–water partition coefficient (Wildman–Crippen LogP) is 2.57. The molecule has 0 radical (unpaired) electrons. The molecule has 0 aromatic carbocycles. The average molecular weight is 282 g/mol. The van der Waals surface area contributed by atoms with E-state index in [4.69, 9.17) is 10.5 Å². The van der Waals surface area contributed by atoms with Crippen LogP contribution in [0.4, 0.5) is 18.0 Å². The largest absolute Gasteiger partial charge is 0.444 e. The van der Waals surface area contributed by atoms with Crippen LogP contribution < -0.4 is 11.1 Å². The van der Waals surface area contributed by atoms with E-state index in [0.29, 0.717) is 6.42 Å². The van der Waals surface area contributed by atoms with Gasteiger partial charge in [-0.1, -0.05) is 0 Å². The van der Waals surface area contributed by atoms with E-state index < -0.39 is 35.9 Å². The van der Waals surface area contributed by atoms with Crippen LogP contribution >= 0.6 is 0 Å². The van der Waals surface area contributed by atoms with Crippen molar-refractivity contribution in [1.29, 1.82) is 0 Å². The van der Waals surface area contributed by atoms with Gasteiger partial charge in [0, 0.05) is 6.54 Å². The highest BCUT2D eigenvalue weighted by atomic mass is 19.4. The quantitative estimate of drug-likeness (QED) is 0.836. The minimum atomic E-state index is -4.43. The van der Waals surface area contributed by atoms with Gasteiger partial charge in [0.25, 0.3) is 0 Å². The van der Waals surface area contributed by atoms with E-state index in [0.717, 1.165) is 0 Å². The number of amides is 1. The summed E-state index contributed by atoms with van der Waals surface area (Å²) in [5.74, 6) is -1.73. The minimum absolute atomic E-state index is 0.271. The van der Waals surface area contributed by atoms with Gasteiger partial charge in [0.05, 0.1) is 11.5 Å². The molecule has 0 aromatic rings. The highest BCUT2D eigenvalue weighted by molar-refractivity contribution is 5.69. The normalized spacial score (nSPS) is 20.4. The maximum Gasteiger partial charge on any atom is 0.408 e. The number of alkyl halides is 3. The first-order chi connectivity index (χ1) is 8.50. The van der Waals surface area contributed by atoms with E-state index in [2.05, 4.69) is 5.32 Å². The number of alkyl carbamates (subject to hydrolysis) is 1. The Morgan fingerprint density at radius 1 is 1.37 bits per heavy atom. The van der Waals surface area contributed by atoms with Gasteiger partial charge in [-0.25, -0.2) is 4.79 Å². The lowest BCUT2D eigenvalue weighted by Gasteiger charge is -2.48. The summed E-state index contributed by atoms with van der Waals surface area (Å²) < 4.78 is 43.9. The predicted molar refractivity (Wildman–Crippen MR) is 64.6 cm³/mol. The van der Waals surface area contributed by atoms with Crippen LogP contribution in [0.25, 0.3) is 0 Å². The third kappa shape index (κ3) is 3.99. The van der Waals surface area contributed by atoms with Crippen molar-refractivity contribution in [2.45, 2.75) is 57.3 Å². The van der Waals surface area contributed by atoms with Crippen LogP contribution in [0, 0.1) is 5.92 Å². The van der Waals surface area contributed by atoms with Crippen molar-refractivity contribution in [2.24, 2.45) is 11.7 Å². The molecule has 3 N–H and O–H groups in total. The molecule has 1 unspecified atom stereocenters. The molecule has 0 spiro atoms. The molecule has 1 saturated carbocycles. The van der Waals surface area contributed by atoms with Gasteiger partial charge in [-0.3, -0.25) is 0 Å². The molecule has 0 saturated heterocycles. The number of nitrogens with one attached hydrogen (secondary N) is 1. The van der Waals surface area contributed by atoms with E-state index in [1.807, 2.05) is 0 Å². The first-order valence-corrected chi connectivity index (χ1v) is 6.28. The molecule has 112 valence electrons. The maximum atomic E-state index is 13.0. The van der Waals surface area contributed by atoms with Gasteiger partial charge in [0.2, 0.25) is 0 Å². The lowest BCUT2D eigenvalue weighted by molar-refractivity contribution is -0.201. The zero-order chi connectivity index (χ0) is 14.9. The summed E-state index contributed by atoms with van der Waals surface area (Å²) >= 11 is 0. The van der Waals surface area contributed by atoms with Gasteiger partial charge < -0.3 is 15.8 Å². The van der Waals surface area contributed by atoms with Crippen LogP contribution in [0.5, 0.6) is 0 Å². The number of nitrogens with two attached hydrogens (primary N) is 1. The molecule has 0 aromatic heterocycles. The standard InChI is InChI=1S/C12H21F3N2O2/c1-10(2,3)19-9(18)17-11(5-4-6-11)8(7-16)12(13,14)15/h8H,4-7,16H2,1-3H3,(H,17,18). The van der Waals surface area contributed by atoms with E-state index in [1.54, 1.807) is 20.8 Å². The maximum absolute atomic E-state index is 13.0. The molecule has 19 heavy (non-hydrogen) atoms. The Morgan fingerprint density at radius 2 is 1.89 bits per heavy atom. The summed E-state index contributed by atoms with van der Waals surface area (Å²) in [6.45, 7) is 4.43. The third-order valence-corrected chi connectivity index (χ3v) is 3.29. The number of rotatable bonds is 3. The van der Waals surface area contributed by atoms with E-state index in [9.17, 15) is 18.0 Å². The van der Waals surface area contributed by atoms with E-state index in [-0.39, 0.29) is 12.8 Å². The number of carbonyl (C=O) groups is 1. The zero-order valence-electron chi connectivity index (χ0n) is 11.4. The Labute approximate surface area is 110 Å². The topological polar surface area (TPSA) is 64.3 Å². The molecule has 1 amide bonds. The number of hydrogen-bond acceptors (Lipinski definition) is 3. The lowest BCUT2D eigenvalue weighted by atomic mass is 9.67. The summed E-state index contributed by atoms with van der Waals surface area (Å²) in [6.07, 6.45) is -4.07. The minimum Gasteiger partial charge on any atom is -0.444 e. The number of ether oxygens (including phenoxy) is 1. The van der Waals surface area contributed by atoms with E-state index in [1.165, 1.54) is 0 Å². The fourth-order valence-corrected chi connectivity index (χ4v) is 2.30. The highest BCUT2D eigenvalue weighted by Crippen LogP contribution is 2.45. The summed E-state index contributed by atoms with van der Waals surface area (Å²) in [5, 5.41) is 2.38. The van der Waals surface area contributed by atoms with Gasteiger partial charge in [-0.15, -0.1) is 0 Å². The van der Waals surface area contributed by atoms with Crippen molar-refractivity contribution in [3.8, 4) is 0 Å². The van der Waals surface area contributed by atoms with Crippen molar-refractivity contribution in [3.05, 3.63) is 0 Å². The summed E-state index contributed by atoms with van der Waals surface area (Å²) in [6, 6.07) is 0. The Kier molecular flexibility index (Phi) is 4.39. The highest BCUT2D eigenvalue weighted by Gasteiger charge is 2.56. The third-order valence-electron chi connectivity index (χ3n) is 3.29. The Balaban J connectivity index is 2.78. The second-order valence-electron chi connectivity index (χ2n) is 5.97. The van der Waals surface area contributed by atoms with Crippen LogP contribution in [0.15, 0.2) is 0 Å². The Bertz CT molecular complexity index is 333. The fourth-order valence-electron chi connectivity index (χ4n) is 2.30. The number of halogens is 3. The second-order valence-corrected chi connectivity index (χ2v) is 5.97. The summed E-state index contributed by atoms with van der Waals surface area (Å²) in [7, 11) is 0. The van der Waals surface area contributed by atoms with Gasteiger partial charge in [-0.2, -0.15) is 13.2 Å².